The molecule has 0 unspecified atom stereocenters. The summed E-state index contributed by atoms with van der Waals surface area (Å²) in [5, 5.41) is 0. The van der Waals surface area contributed by atoms with Gasteiger partial charge in [-0.3, -0.25) is 4.98 Å². The van der Waals surface area contributed by atoms with E-state index in [0.717, 1.165) is 11.3 Å². The van der Waals surface area contributed by atoms with Crippen LogP contribution in [0.4, 0.5) is 5.69 Å². The molecular formula is C15H16N2O2. The number of pyridine rings is 1. The van der Waals surface area contributed by atoms with Crippen molar-refractivity contribution in [3.05, 3.63) is 59.4 Å². The smallest absolute Gasteiger partial charge is 0.338 e. The molecule has 0 bridgehead atoms. The van der Waals surface area contributed by atoms with E-state index in [-0.39, 0.29) is 5.97 Å². The molecule has 0 radical (unpaired) electrons. The predicted octanol–water partition coefficient (Wildman–Crippen LogP) is 2.37. The van der Waals surface area contributed by atoms with Gasteiger partial charge < -0.3 is 10.5 Å². The van der Waals surface area contributed by atoms with Crippen LogP contribution in [0.25, 0.3) is 0 Å². The van der Waals surface area contributed by atoms with E-state index in [1.54, 1.807) is 24.4 Å². The summed E-state index contributed by atoms with van der Waals surface area (Å²) < 4.78 is 5.23. The quantitative estimate of drug-likeness (QED) is 0.673. The molecule has 2 aromatic rings. The molecular weight excluding hydrogens is 240 g/mol. The Kier molecular flexibility index (Phi) is 4.13. The number of nitrogen functional groups attached to an aromatic ring is 1. The van der Waals surface area contributed by atoms with Crippen molar-refractivity contribution in [3.63, 3.8) is 0 Å². The van der Waals surface area contributed by atoms with Gasteiger partial charge in [-0.15, -0.1) is 0 Å². The Morgan fingerprint density at radius 2 is 2.16 bits per heavy atom. The fraction of sp³-hybridized carbons (Fsp3) is 0.200. The van der Waals surface area contributed by atoms with Crippen molar-refractivity contribution < 1.29 is 9.53 Å². The number of aryl methyl sites for hydroxylation is 1. The highest BCUT2D eigenvalue weighted by molar-refractivity contribution is 5.91. The topological polar surface area (TPSA) is 65.2 Å². The lowest BCUT2D eigenvalue weighted by atomic mass is 10.1. The zero-order chi connectivity index (χ0) is 13.7. The number of aromatic nitrogens is 1. The van der Waals surface area contributed by atoms with Gasteiger partial charge in [-0.05, 0) is 42.8 Å². The Labute approximate surface area is 112 Å². The van der Waals surface area contributed by atoms with E-state index < -0.39 is 0 Å². The molecule has 0 amide bonds. The lowest BCUT2D eigenvalue weighted by Gasteiger charge is -2.07. The van der Waals surface area contributed by atoms with Gasteiger partial charge in [-0.1, -0.05) is 6.07 Å². The summed E-state index contributed by atoms with van der Waals surface area (Å²) in [6.07, 6.45) is 2.34. The largest absolute Gasteiger partial charge is 0.462 e. The summed E-state index contributed by atoms with van der Waals surface area (Å²) in [7, 11) is 0. The minimum atomic E-state index is -0.326. The Balaban J connectivity index is 1.91. The van der Waals surface area contributed by atoms with Crippen LogP contribution in [0.5, 0.6) is 0 Å². The Morgan fingerprint density at radius 1 is 1.32 bits per heavy atom. The number of anilines is 1. The summed E-state index contributed by atoms with van der Waals surface area (Å²) in [5.41, 5.74) is 8.56. The zero-order valence-corrected chi connectivity index (χ0v) is 10.8. The van der Waals surface area contributed by atoms with Crippen molar-refractivity contribution in [1.82, 2.24) is 4.98 Å². The number of rotatable bonds is 4. The van der Waals surface area contributed by atoms with Crippen LogP contribution in [0.3, 0.4) is 0 Å². The maximum atomic E-state index is 11.9. The number of hydrogen-bond acceptors (Lipinski definition) is 4. The number of benzene rings is 1. The first kappa shape index (κ1) is 13.1. The van der Waals surface area contributed by atoms with Crippen LogP contribution in [0, 0.1) is 6.92 Å². The van der Waals surface area contributed by atoms with Gasteiger partial charge in [0.2, 0.25) is 0 Å². The van der Waals surface area contributed by atoms with Gasteiger partial charge in [0.1, 0.15) is 0 Å². The molecule has 4 nitrogen and oxygen atoms in total. The molecule has 4 heteroatoms. The highest BCUT2D eigenvalue weighted by atomic mass is 16.5. The van der Waals surface area contributed by atoms with Crippen LogP contribution in [-0.2, 0) is 11.2 Å². The average Bonchev–Trinajstić information content (AvgIpc) is 2.39. The van der Waals surface area contributed by atoms with E-state index in [1.165, 1.54) is 0 Å². The van der Waals surface area contributed by atoms with Crippen molar-refractivity contribution in [2.45, 2.75) is 13.3 Å². The van der Waals surface area contributed by atoms with E-state index in [0.29, 0.717) is 24.3 Å². The first-order chi connectivity index (χ1) is 9.16. The van der Waals surface area contributed by atoms with Crippen molar-refractivity contribution in [3.8, 4) is 0 Å². The molecule has 0 atom stereocenters. The van der Waals surface area contributed by atoms with Gasteiger partial charge in [0, 0.05) is 24.0 Å². The Morgan fingerprint density at radius 3 is 2.84 bits per heavy atom. The fourth-order valence-corrected chi connectivity index (χ4v) is 1.79. The normalized spacial score (nSPS) is 10.2. The molecule has 0 saturated heterocycles. The standard InChI is InChI=1S/C15H16N2O2/c1-11-10-12(16)5-6-14(11)15(18)19-9-7-13-4-2-3-8-17-13/h2-6,8,10H,7,9,16H2,1H3. The lowest BCUT2D eigenvalue weighted by Crippen LogP contribution is -2.10. The molecule has 19 heavy (non-hydrogen) atoms. The van der Waals surface area contributed by atoms with Gasteiger partial charge in [0.05, 0.1) is 12.2 Å². The van der Waals surface area contributed by atoms with Crippen LogP contribution in [0.2, 0.25) is 0 Å². The highest BCUT2D eigenvalue weighted by Crippen LogP contribution is 2.13. The number of carbonyl (C=O) groups excluding carboxylic acids is 1. The second-order valence-electron chi connectivity index (χ2n) is 4.28. The van der Waals surface area contributed by atoms with Crippen molar-refractivity contribution in [2.24, 2.45) is 0 Å². The first-order valence-electron chi connectivity index (χ1n) is 6.10. The maximum absolute atomic E-state index is 11.9. The second-order valence-corrected chi connectivity index (χ2v) is 4.28. The summed E-state index contributed by atoms with van der Waals surface area (Å²) in [4.78, 5) is 16.1. The van der Waals surface area contributed by atoms with Crippen LogP contribution < -0.4 is 5.73 Å². The molecule has 0 fully saturated rings. The Bertz CT molecular complexity index is 568. The summed E-state index contributed by atoms with van der Waals surface area (Å²) >= 11 is 0. The van der Waals surface area contributed by atoms with Crippen LogP contribution in [0.1, 0.15) is 21.6 Å². The number of nitrogens with two attached hydrogens (primary N) is 1. The molecule has 0 aliphatic heterocycles. The van der Waals surface area contributed by atoms with E-state index in [1.807, 2.05) is 25.1 Å². The fourth-order valence-electron chi connectivity index (χ4n) is 1.79. The highest BCUT2D eigenvalue weighted by Gasteiger charge is 2.10. The molecule has 0 saturated carbocycles. The minimum Gasteiger partial charge on any atom is -0.462 e. The molecule has 1 aromatic carbocycles. The van der Waals surface area contributed by atoms with Crippen molar-refractivity contribution >= 4 is 11.7 Å². The monoisotopic (exact) mass is 256 g/mol. The maximum Gasteiger partial charge on any atom is 0.338 e. The summed E-state index contributed by atoms with van der Waals surface area (Å²) in [5.74, 6) is -0.326. The predicted molar refractivity (Wildman–Crippen MR) is 73.8 cm³/mol. The third-order valence-electron chi connectivity index (χ3n) is 2.79. The molecule has 0 aliphatic carbocycles. The van der Waals surface area contributed by atoms with E-state index in [4.69, 9.17) is 10.5 Å². The molecule has 2 N–H and O–H groups in total. The third kappa shape index (κ3) is 3.55. The van der Waals surface area contributed by atoms with Crippen molar-refractivity contribution in [2.75, 3.05) is 12.3 Å². The van der Waals surface area contributed by atoms with Crippen LogP contribution in [-0.4, -0.2) is 17.6 Å². The minimum absolute atomic E-state index is 0.319. The Hall–Kier alpha value is -2.36. The van der Waals surface area contributed by atoms with Gasteiger partial charge >= 0.3 is 5.97 Å². The van der Waals surface area contributed by atoms with Gasteiger partial charge in [-0.25, -0.2) is 4.79 Å². The molecule has 0 spiro atoms. The van der Waals surface area contributed by atoms with Gasteiger partial charge in [-0.2, -0.15) is 0 Å². The molecule has 0 aliphatic rings. The van der Waals surface area contributed by atoms with Crippen LogP contribution >= 0.6 is 0 Å². The molecule has 1 aromatic heterocycles. The SMILES string of the molecule is Cc1cc(N)ccc1C(=O)OCCc1ccccn1. The zero-order valence-electron chi connectivity index (χ0n) is 10.8. The van der Waals surface area contributed by atoms with E-state index >= 15 is 0 Å². The number of carbonyl (C=O) groups is 1. The van der Waals surface area contributed by atoms with E-state index in [9.17, 15) is 4.79 Å². The average molecular weight is 256 g/mol. The number of esters is 1. The molecule has 2 rings (SSSR count). The third-order valence-corrected chi connectivity index (χ3v) is 2.79. The van der Waals surface area contributed by atoms with Gasteiger partial charge in [0.25, 0.3) is 0 Å². The second kappa shape index (κ2) is 6.00. The number of ether oxygens (including phenoxy) is 1. The first-order valence-corrected chi connectivity index (χ1v) is 6.10. The van der Waals surface area contributed by atoms with Crippen molar-refractivity contribution in [1.29, 1.82) is 0 Å². The molecule has 1 heterocycles. The lowest BCUT2D eigenvalue weighted by molar-refractivity contribution is 0.0507. The van der Waals surface area contributed by atoms with E-state index in [2.05, 4.69) is 4.98 Å². The number of nitrogens with zero attached hydrogens (tertiary/aromatic N) is 1. The number of hydrogen-bond donors (Lipinski definition) is 1. The molecule has 98 valence electrons. The summed E-state index contributed by atoms with van der Waals surface area (Å²) in [6.45, 7) is 2.16. The van der Waals surface area contributed by atoms with Gasteiger partial charge in [0.15, 0.2) is 0 Å². The van der Waals surface area contributed by atoms with Crippen LogP contribution in [0.15, 0.2) is 42.6 Å². The summed E-state index contributed by atoms with van der Waals surface area (Å²) in [6, 6.07) is 10.8.